The summed E-state index contributed by atoms with van der Waals surface area (Å²) in [5.74, 6) is -9.98. The minimum atomic E-state index is -1.79. The van der Waals surface area contributed by atoms with Gasteiger partial charge >= 0.3 is 25.0 Å². The van der Waals surface area contributed by atoms with Crippen molar-refractivity contribution in [2.45, 2.75) is 129 Å². The Bertz CT molecular complexity index is 1700. The van der Waals surface area contributed by atoms with Gasteiger partial charge in [0.2, 0.25) is 29.5 Å². The standard InChI is InChI=1S/C39H59BN6O14/c1-8-9-18-40(59)60-46-37(57)26(19-22(2)3)44-38(58)33(39(5,6)7)45-36(56)27(20-24-13-11-10-12-23(24)4)43-34(54)25(14-16-30(48)49)42-35(55)28(21-32(52)53)41-29(47)15-17-31(50)51/h8,10-13,22,25-28,33,59H,1,9,14-21H2,2-7H3,(H,41,47)(H,42,55)(H,43,54)(H,44,58)(H,45,56)(H,46,57)(H,48,49)(H,50,51)(H,52,53)/t25-,26?,27-,28-,33+/m0/s1. The third-order valence-corrected chi connectivity index (χ3v) is 8.86. The highest BCUT2D eigenvalue weighted by atomic mass is 16.7. The second kappa shape index (κ2) is 25.6. The number of allylic oxidation sites excluding steroid dienone is 1. The van der Waals surface area contributed by atoms with E-state index in [2.05, 4.69) is 38.6 Å². The van der Waals surface area contributed by atoms with Gasteiger partial charge in [-0.2, -0.15) is 0 Å². The average Bonchev–Trinajstić information content (AvgIpc) is 3.14. The molecule has 1 aromatic carbocycles. The van der Waals surface area contributed by atoms with Crippen LogP contribution in [0.5, 0.6) is 0 Å². The first-order valence-corrected chi connectivity index (χ1v) is 19.4. The highest BCUT2D eigenvalue weighted by molar-refractivity contribution is 6.42. The fourth-order valence-corrected chi connectivity index (χ4v) is 5.61. The maximum atomic E-state index is 14.2. The molecule has 5 atom stereocenters. The monoisotopic (exact) mass is 846 g/mol. The molecule has 1 rings (SSSR count). The zero-order valence-corrected chi connectivity index (χ0v) is 34.9. The lowest BCUT2D eigenvalue weighted by atomic mass is 9.84. The van der Waals surface area contributed by atoms with Crippen LogP contribution in [-0.2, 0) is 54.3 Å². The van der Waals surface area contributed by atoms with Crippen molar-refractivity contribution in [3.63, 3.8) is 0 Å². The van der Waals surface area contributed by atoms with Crippen molar-refractivity contribution in [3.8, 4) is 0 Å². The summed E-state index contributed by atoms with van der Waals surface area (Å²) in [7, 11) is -1.34. The maximum absolute atomic E-state index is 14.2. The van der Waals surface area contributed by atoms with Gasteiger partial charge in [0.15, 0.2) is 0 Å². The number of carbonyl (C=O) groups is 9. The Hall–Kier alpha value is -5.83. The Labute approximate surface area is 349 Å². The van der Waals surface area contributed by atoms with E-state index in [1.54, 1.807) is 58.0 Å². The molecule has 0 aromatic heterocycles. The molecule has 60 heavy (non-hydrogen) atoms. The topological polar surface area (TPSA) is 316 Å². The van der Waals surface area contributed by atoms with Crippen LogP contribution in [0.15, 0.2) is 36.9 Å². The van der Waals surface area contributed by atoms with Crippen molar-refractivity contribution < 1.29 is 68.2 Å². The molecular weight excluding hydrogens is 787 g/mol. The smallest absolute Gasteiger partial charge is 0.479 e. The van der Waals surface area contributed by atoms with E-state index in [0.717, 1.165) is 5.56 Å². The number of hydrogen-bond acceptors (Lipinski definition) is 11. The van der Waals surface area contributed by atoms with Crippen LogP contribution in [0.25, 0.3) is 0 Å². The summed E-state index contributed by atoms with van der Waals surface area (Å²) in [4.78, 5) is 115. The molecule has 1 aromatic rings. The molecule has 0 saturated heterocycles. The van der Waals surface area contributed by atoms with Crippen LogP contribution in [0.3, 0.4) is 0 Å². The van der Waals surface area contributed by atoms with E-state index in [1.807, 2.05) is 13.8 Å². The quantitative estimate of drug-likeness (QED) is 0.0325. The molecule has 0 aliphatic rings. The number of benzene rings is 1. The van der Waals surface area contributed by atoms with Crippen LogP contribution < -0.4 is 32.1 Å². The number of hydrogen-bond donors (Lipinski definition) is 10. The molecule has 0 spiro atoms. The molecule has 20 nitrogen and oxygen atoms in total. The Morgan fingerprint density at radius 3 is 1.85 bits per heavy atom. The minimum Gasteiger partial charge on any atom is -0.481 e. The predicted molar refractivity (Wildman–Crippen MR) is 216 cm³/mol. The molecule has 1 unspecified atom stereocenters. The number of aryl methyl sites for hydroxylation is 1. The summed E-state index contributed by atoms with van der Waals surface area (Å²) in [6, 6.07) is -0.571. The van der Waals surface area contributed by atoms with Crippen molar-refractivity contribution in [3.05, 3.63) is 48.0 Å². The first-order valence-electron chi connectivity index (χ1n) is 19.4. The van der Waals surface area contributed by atoms with Gasteiger partial charge in [0.05, 0.1) is 12.8 Å². The number of carbonyl (C=O) groups excluding carboxylic acids is 6. The molecule has 0 fully saturated rings. The van der Waals surface area contributed by atoms with Crippen LogP contribution in [0, 0.1) is 18.3 Å². The highest BCUT2D eigenvalue weighted by Crippen LogP contribution is 2.21. The lowest BCUT2D eigenvalue weighted by molar-refractivity contribution is -0.142. The number of carboxylic acid groups (broad SMARTS) is 3. The first-order chi connectivity index (χ1) is 27.9. The Morgan fingerprint density at radius 1 is 0.733 bits per heavy atom. The number of aliphatic carboxylic acids is 3. The lowest BCUT2D eigenvalue weighted by Crippen LogP contribution is -2.62. The van der Waals surface area contributed by atoms with Crippen LogP contribution in [-0.4, -0.2) is 111 Å². The Balaban J connectivity index is 3.50. The van der Waals surface area contributed by atoms with E-state index in [-0.39, 0.29) is 25.1 Å². The van der Waals surface area contributed by atoms with Crippen molar-refractivity contribution in [2.75, 3.05) is 0 Å². The van der Waals surface area contributed by atoms with Crippen LogP contribution in [0.4, 0.5) is 0 Å². The van der Waals surface area contributed by atoms with Crippen molar-refractivity contribution in [2.24, 2.45) is 11.3 Å². The number of carboxylic acids is 3. The normalized spacial score (nSPS) is 13.6. The van der Waals surface area contributed by atoms with Gasteiger partial charge in [0, 0.05) is 19.3 Å². The SMILES string of the molecule is C=CCCB(O)ONC(=O)C(CC(C)C)NC(=O)[C@@H](NC(=O)[C@H](Cc1ccccc1C)NC(=O)[C@H](CCC(=O)O)NC(=O)[C@H](CC(=O)O)NC(=O)CCC(=O)O)C(C)(C)C. The summed E-state index contributed by atoms with van der Waals surface area (Å²) < 4.78 is 5.04. The fourth-order valence-electron chi connectivity index (χ4n) is 5.61. The molecule has 0 heterocycles. The maximum Gasteiger partial charge on any atom is 0.479 e. The zero-order valence-electron chi connectivity index (χ0n) is 34.9. The van der Waals surface area contributed by atoms with Crippen LogP contribution in [0.1, 0.15) is 90.7 Å². The van der Waals surface area contributed by atoms with E-state index in [4.69, 9.17) is 9.86 Å². The number of amides is 6. The average molecular weight is 847 g/mol. The van der Waals surface area contributed by atoms with Crippen LogP contribution in [0.2, 0.25) is 6.32 Å². The van der Waals surface area contributed by atoms with Gasteiger partial charge in [0.25, 0.3) is 5.91 Å². The minimum absolute atomic E-state index is 0.106. The van der Waals surface area contributed by atoms with Gasteiger partial charge in [-0.15, -0.1) is 6.58 Å². The molecule has 21 heteroatoms. The van der Waals surface area contributed by atoms with Gasteiger partial charge in [-0.3, -0.25) is 47.9 Å². The second-order valence-corrected chi connectivity index (χ2v) is 15.7. The van der Waals surface area contributed by atoms with E-state index in [1.165, 1.54) is 0 Å². The Morgan fingerprint density at radius 2 is 1.30 bits per heavy atom. The highest BCUT2D eigenvalue weighted by Gasteiger charge is 2.38. The second-order valence-electron chi connectivity index (χ2n) is 15.7. The molecule has 0 bridgehead atoms. The largest absolute Gasteiger partial charge is 0.481 e. The number of rotatable bonds is 27. The van der Waals surface area contributed by atoms with Gasteiger partial charge in [0.1, 0.15) is 30.2 Å². The molecule has 0 aliphatic carbocycles. The summed E-state index contributed by atoms with van der Waals surface area (Å²) in [6.45, 7) is 13.9. The number of nitrogens with one attached hydrogen (secondary N) is 6. The molecule has 0 aliphatic heterocycles. The summed E-state index contributed by atoms with van der Waals surface area (Å²) in [5, 5.41) is 49.9. The van der Waals surface area contributed by atoms with E-state index in [9.17, 15) is 58.4 Å². The molecular formula is C39H59BN6O14. The summed E-state index contributed by atoms with van der Waals surface area (Å²) in [6.07, 6.45) is -1.30. The number of hydroxylamine groups is 1. The summed E-state index contributed by atoms with van der Waals surface area (Å²) in [5.41, 5.74) is 2.47. The molecule has 332 valence electrons. The zero-order chi connectivity index (χ0) is 45.7. The van der Waals surface area contributed by atoms with E-state index >= 15 is 0 Å². The lowest BCUT2D eigenvalue weighted by Gasteiger charge is -2.33. The molecule has 0 saturated carbocycles. The first kappa shape index (κ1) is 52.2. The van der Waals surface area contributed by atoms with Crippen molar-refractivity contribution >= 4 is 60.5 Å². The molecule has 6 amide bonds. The molecule has 0 radical (unpaired) electrons. The van der Waals surface area contributed by atoms with Gasteiger partial charge in [-0.05, 0) is 55.0 Å². The predicted octanol–water partition coefficient (Wildman–Crippen LogP) is 0.362. The van der Waals surface area contributed by atoms with Crippen LogP contribution >= 0.6 is 0 Å². The Kier molecular flexibility index (Phi) is 22.3. The third-order valence-electron chi connectivity index (χ3n) is 8.86. The van der Waals surface area contributed by atoms with Gasteiger partial charge < -0.3 is 46.9 Å². The van der Waals surface area contributed by atoms with Gasteiger partial charge in [-0.25, -0.2) is 5.48 Å². The van der Waals surface area contributed by atoms with Crippen molar-refractivity contribution in [1.82, 2.24) is 32.1 Å². The molecule has 10 N–H and O–H groups in total. The van der Waals surface area contributed by atoms with E-state index in [0.29, 0.717) is 12.0 Å². The third kappa shape index (κ3) is 20.2. The van der Waals surface area contributed by atoms with Crippen molar-refractivity contribution in [1.29, 1.82) is 0 Å². The summed E-state index contributed by atoms with van der Waals surface area (Å²) >= 11 is 0. The van der Waals surface area contributed by atoms with E-state index < -0.39 is 128 Å². The fraction of sp³-hybridized carbons (Fsp3) is 0.564. The van der Waals surface area contributed by atoms with Gasteiger partial charge in [-0.1, -0.05) is 65.0 Å².